The van der Waals surface area contributed by atoms with Gasteiger partial charge in [-0.1, -0.05) is 18.6 Å². The number of amides is 1. The molecule has 28 heavy (non-hydrogen) atoms. The second kappa shape index (κ2) is 7.43. The molecule has 0 radical (unpaired) electrons. The van der Waals surface area contributed by atoms with Gasteiger partial charge in [0.2, 0.25) is 12.7 Å². The molecule has 1 aromatic heterocycles. The molecule has 146 valence electrons. The van der Waals surface area contributed by atoms with E-state index in [9.17, 15) is 4.79 Å². The number of carbonyl (C=O) groups is 1. The number of fused-ring (bicyclic) bond motifs is 1. The molecule has 6 nitrogen and oxygen atoms in total. The third kappa shape index (κ3) is 3.56. The first kappa shape index (κ1) is 17.5. The normalized spacial score (nSPS) is 21.5. The van der Waals surface area contributed by atoms with Gasteiger partial charge >= 0.3 is 0 Å². The first-order valence-electron chi connectivity index (χ1n) is 10.2. The SMILES string of the molecule is O=C(Nc1ccc(C2CC2)nc1)C1CCCCN1Cc1cccc2c1OCO2. The Labute approximate surface area is 164 Å². The van der Waals surface area contributed by atoms with Gasteiger partial charge in [-0.3, -0.25) is 14.7 Å². The van der Waals surface area contributed by atoms with Gasteiger partial charge in [-0.2, -0.15) is 0 Å². The molecule has 1 N–H and O–H groups in total. The van der Waals surface area contributed by atoms with Gasteiger partial charge < -0.3 is 14.8 Å². The number of piperidine rings is 1. The summed E-state index contributed by atoms with van der Waals surface area (Å²) in [7, 11) is 0. The van der Waals surface area contributed by atoms with Crippen molar-refractivity contribution in [1.82, 2.24) is 9.88 Å². The monoisotopic (exact) mass is 379 g/mol. The van der Waals surface area contributed by atoms with Gasteiger partial charge in [0, 0.05) is 23.7 Å². The first-order valence-corrected chi connectivity index (χ1v) is 10.2. The zero-order valence-corrected chi connectivity index (χ0v) is 15.9. The first-order chi connectivity index (χ1) is 13.8. The Kier molecular flexibility index (Phi) is 4.64. The number of pyridine rings is 1. The Bertz CT molecular complexity index is 864. The summed E-state index contributed by atoms with van der Waals surface area (Å²) in [5.41, 5.74) is 2.99. The predicted molar refractivity (Wildman–Crippen MR) is 105 cm³/mol. The lowest BCUT2D eigenvalue weighted by molar-refractivity contribution is -0.122. The highest BCUT2D eigenvalue weighted by Gasteiger charge is 2.30. The Morgan fingerprint density at radius 3 is 2.89 bits per heavy atom. The molecular formula is C22H25N3O3. The van der Waals surface area contributed by atoms with E-state index in [4.69, 9.17) is 9.47 Å². The standard InChI is InChI=1S/C22H25N3O3/c26-22(24-17-9-10-18(23-12-17)15-7-8-15)19-5-1-2-11-25(19)13-16-4-3-6-20-21(16)28-14-27-20/h3-4,6,9-10,12,15,19H,1-2,5,7-8,11,13-14H2,(H,24,26). The highest BCUT2D eigenvalue weighted by Crippen LogP contribution is 2.39. The molecule has 2 aromatic rings. The van der Waals surface area contributed by atoms with Gasteiger partial charge in [-0.25, -0.2) is 0 Å². The molecule has 2 aliphatic heterocycles. The van der Waals surface area contributed by atoms with Gasteiger partial charge in [0.05, 0.1) is 17.9 Å². The number of hydrogen-bond donors (Lipinski definition) is 1. The zero-order chi connectivity index (χ0) is 18.9. The summed E-state index contributed by atoms with van der Waals surface area (Å²) in [6.07, 6.45) is 7.29. The molecule has 1 unspecified atom stereocenters. The highest BCUT2D eigenvalue weighted by atomic mass is 16.7. The average Bonchev–Trinajstić information content (AvgIpc) is 3.46. The van der Waals surface area contributed by atoms with Crippen molar-refractivity contribution in [2.24, 2.45) is 0 Å². The number of benzene rings is 1. The minimum Gasteiger partial charge on any atom is -0.454 e. The summed E-state index contributed by atoms with van der Waals surface area (Å²) in [6, 6.07) is 9.82. The molecule has 3 heterocycles. The number of aromatic nitrogens is 1. The number of hydrogen-bond acceptors (Lipinski definition) is 5. The highest BCUT2D eigenvalue weighted by molar-refractivity contribution is 5.94. The summed E-state index contributed by atoms with van der Waals surface area (Å²) in [5, 5.41) is 3.07. The minimum atomic E-state index is -0.143. The van der Waals surface area contributed by atoms with Crippen molar-refractivity contribution in [1.29, 1.82) is 0 Å². The second-order valence-corrected chi connectivity index (χ2v) is 7.87. The third-order valence-electron chi connectivity index (χ3n) is 5.82. The van der Waals surface area contributed by atoms with Crippen LogP contribution in [-0.4, -0.2) is 35.2 Å². The maximum Gasteiger partial charge on any atom is 0.241 e. The number of ether oxygens (including phenoxy) is 2. The Morgan fingerprint density at radius 1 is 1.14 bits per heavy atom. The lowest BCUT2D eigenvalue weighted by atomic mass is 10.00. The van der Waals surface area contributed by atoms with Crippen LogP contribution in [0.15, 0.2) is 36.5 Å². The van der Waals surface area contributed by atoms with Gasteiger partial charge in [0.25, 0.3) is 0 Å². The Morgan fingerprint density at radius 2 is 2.07 bits per heavy atom. The minimum absolute atomic E-state index is 0.0467. The summed E-state index contributed by atoms with van der Waals surface area (Å²) >= 11 is 0. The number of nitrogens with one attached hydrogen (secondary N) is 1. The number of carbonyl (C=O) groups excluding carboxylic acids is 1. The van der Waals surface area contributed by atoms with Crippen molar-refractivity contribution in [3.05, 3.63) is 47.8 Å². The van der Waals surface area contributed by atoms with Crippen molar-refractivity contribution in [2.75, 3.05) is 18.7 Å². The molecule has 0 bridgehead atoms. The number of likely N-dealkylation sites (tertiary alicyclic amines) is 1. The number of para-hydroxylation sites is 1. The van der Waals surface area contributed by atoms with Crippen LogP contribution >= 0.6 is 0 Å². The summed E-state index contributed by atoms with van der Waals surface area (Å²) in [6.45, 7) is 1.85. The maximum atomic E-state index is 13.0. The van der Waals surface area contributed by atoms with E-state index in [1.807, 2.05) is 24.3 Å². The van der Waals surface area contributed by atoms with Gasteiger partial charge in [0.1, 0.15) is 0 Å². The van der Waals surface area contributed by atoms with Gasteiger partial charge in [-0.15, -0.1) is 0 Å². The van der Waals surface area contributed by atoms with Crippen molar-refractivity contribution in [3.63, 3.8) is 0 Å². The van der Waals surface area contributed by atoms with E-state index in [0.717, 1.165) is 54.3 Å². The van der Waals surface area contributed by atoms with Crippen LogP contribution < -0.4 is 14.8 Å². The van der Waals surface area contributed by atoms with Crippen molar-refractivity contribution in [3.8, 4) is 11.5 Å². The molecule has 3 aliphatic rings. The van der Waals surface area contributed by atoms with E-state index in [-0.39, 0.29) is 18.7 Å². The topological polar surface area (TPSA) is 63.7 Å². The van der Waals surface area contributed by atoms with E-state index >= 15 is 0 Å². The molecule has 1 atom stereocenters. The average molecular weight is 379 g/mol. The maximum absolute atomic E-state index is 13.0. The van der Waals surface area contributed by atoms with E-state index in [0.29, 0.717) is 12.5 Å². The van der Waals surface area contributed by atoms with Gasteiger partial charge in [0.15, 0.2) is 11.5 Å². The molecular weight excluding hydrogens is 354 g/mol. The molecule has 1 saturated carbocycles. The molecule has 1 saturated heterocycles. The van der Waals surface area contributed by atoms with E-state index in [2.05, 4.69) is 21.3 Å². The lowest BCUT2D eigenvalue weighted by Gasteiger charge is -2.34. The summed E-state index contributed by atoms with van der Waals surface area (Å²) < 4.78 is 11.1. The van der Waals surface area contributed by atoms with Crippen LogP contribution in [0.3, 0.4) is 0 Å². The van der Waals surface area contributed by atoms with Crippen LogP contribution in [0.2, 0.25) is 0 Å². The zero-order valence-electron chi connectivity index (χ0n) is 15.9. The molecule has 1 amide bonds. The second-order valence-electron chi connectivity index (χ2n) is 7.87. The van der Waals surface area contributed by atoms with Crippen LogP contribution in [0.5, 0.6) is 11.5 Å². The third-order valence-corrected chi connectivity index (χ3v) is 5.82. The van der Waals surface area contributed by atoms with Gasteiger partial charge in [-0.05, 0) is 50.4 Å². The smallest absolute Gasteiger partial charge is 0.241 e. The van der Waals surface area contributed by atoms with Crippen LogP contribution in [0, 0.1) is 0 Å². The molecule has 1 aliphatic carbocycles. The van der Waals surface area contributed by atoms with Crippen molar-refractivity contribution < 1.29 is 14.3 Å². The molecule has 0 spiro atoms. The summed E-state index contributed by atoms with van der Waals surface area (Å²) in [5.74, 6) is 2.27. The lowest BCUT2D eigenvalue weighted by Crippen LogP contribution is -2.46. The largest absolute Gasteiger partial charge is 0.454 e. The Balaban J connectivity index is 1.28. The van der Waals surface area contributed by atoms with Crippen LogP contribution in [0.4, 0.5) is 5.69 Å². The number of anilines is 1. The fourth-order valence-corrected chi connectivity index (χ4v) is 4.14. The van der Waals surface area contributed by atoms with Crippen LogP contribution in [-0.2, 0) is 11.3 Å². The van der Waals surface area contributed by atoms with Crippen molar-refractivity contribution >= 4 is 11.6 Å². The quantitative estimate of drug-likeness (QED) is 0.859. The van der Waals surface area contributed by atoms with Crippen LogP contribution in [0.25, 0.3) is 0 Å². The number of nitrogens with zero attached hydrogens (tertiary/aromatic N) is 2. The number of rotatable bonds is 5. The molecule has 1 aromatic carbocycles. The fraction of sp³-hybridized carbons (Fsp3) is 0.455. The Hall–Kier alpha value is -2.60. The molecule has 2 fully saturated rings. The molecule has 5 rings (SSSR count). The predicted octanol–water partition coefficient (Wildman–Crippen LogP) is 3.68. The summed E-state index contributed by atoms with van der Waals surface area (Å²) in [4.78, 5) is 19.8. The van der Waals surface area contributed by atoms with Crippen molar-refractivity contribution in [2.45, 2.75) is 50.6 Å². The van der Waals surface area contributed by atoms with E-state index < -0.39 is 0 Å². The fourth-order valence-electron chi connectivity index (χ4n) is 4.14. The van der Waals surface area contributed by atoms with E-state index in [1.165, 1.54) is 12.8 Å². The van der Waals surface area contributed by atoms with E-state index in [1.54, 1.807) is 6.20 Å². The molecule has 6 heteroatoms. The van der Waals surface area contributed by atoms with Crippen LogP contribution in [0.1, 0.15) is 49.3 Å².